The summed E-state index contributed by atoms with van der Waals surface area (Å²) in [6, 6.07) is 2.29. The van der Waals surface area contributed by atoms with Gasteiger partial charge in [-0.25, -0.2) is 29.6 Å². The SMILES string of the molecule is C[C@@H](NC(=O)c1ncnc2c1cnn2COCC[Si](C)(C)C)c1cc(-c2nc3nc(C(C)(C)C)ncc3[nH]2)no1. The molecule has 1 atom stereocenters. The van der Waals surface area contributed by atoms with Gasteiger partial charge in [0.1, 0.15) is 35.8 Å². The van der Waals surface area contributed by atoms with Crippen molar-refractivity contribution in [3.8, 4) is 11.5 Å². The maximum atomic E-state index is 13.2. The summed E-state index contributed by atoms with van der Waals surface area (Å²) in [5, 5.41) is 12.0. The van der Waals surface area contributed by atoms with Gasteiger partial charge in [-0.15, -0.1) is 0 Å². The van der Waals surface area contributed by atoms with Crippen molar-refractivity contribution in [2.45, 2.75) is 71.6 Å². The molecule has 0 fully saturated rings. The van der Waals surface area contributed by atoms with Crippen molar-refractivity contribution in [1.82, 2.24) is 50.2 Å². The summed E-state index contributed by atoms with van der Waals surface area (Å²) in [6.45, 7) is 15.8. The predicted octanol–water partition coefficient (Wildman–Crippen LogP) is 4.25. The molecule has 13 nitrogen and oxygen atoms in total. The molecule has 0 saturated heterocycles. The normalized spacial score (nSPS) is 13.3. The Balaban J connectivity index is 1.28. The van der Waals surface area contributed by atoms with Gasteiger partial charge >= 0.3 is 0 Å². The minimum Gasteiger partial charge on any atom is -0.359 e. The van der Waals surface area contributed by atoms with Crippen molar-refractivity contribution in [1.29, 1.82) is 0 Å². The highest BCUT2D eigenvalue weighted by molar-refractivity contribution is 6.76. The van der Waals surface area contributed by atoms with E-state index in [-0.39, 0.29) is 23.7 Å². The van der Waals surface area contributed by atoms with Crippen molar-refractivity contribution < 1.29 is 14.1 Å². The van der Waals surface area contributed by atoms with Crippen molar-refractivity contribution in [3.63, 3.8) is 0 Å². The first-order chi connectivity index (χ1) is 18.9. The van der Waals surface area contributed by atoms with E-state index in [4.69, 9.17) is 9.26 Å². The smallest absolute Gasteiger partial charge is 0.271 e. The summed E-state index contributed by atoms with van der Waals surface area (Å²) in [6.07, 6.45) is 4.65. The molecule has 0 aliphatic heterocycles. The molecule has 0 aliphatic carbocycles. The average molecular weight is 563 g/mol. The van der Waals surface area contributed by atoms with E-state index in [1.54, 1.807) is 30.1 Å². The van der Waals surface area contributed by atoms with Crippen molar-refractivity contribution in [2.75, 3.05) is 6.61 Å². The summed E-state index contributed by atoms with van der Waals surface area (Å²) in [5.41, 5.74) is 2.29. The van der Waals surface area contributed by atoms with Gasteiger partial charge in [0.25, 0.3) is 5.91 Å². The minimum atomic E-state index is -1.19. The number of carbonyl (C=O) groups excluding carboxylic acids is 1. The first kappa shape index (κ1) is 27.5. The number of ether oxygens (including phenoxy) is 1. The summed E-state index contributed by atoms with van der Waals surface area (Å²) in [4.78, 5) is 38.4. The summed E-state index contributed by atoms with van der Waals surface area (Å²) < 4.78 is 13.0. The molecule has 14 heteroatoms. The zero-order valence-corrected chi connectivity index (χ0v) is 24.8. The van der Waals surface area contributed by atoms with Crippen LogP contribution in [0.1, 0.15) is 55.8 Å². The number of aromatic nitrogens is 9. The number of fused-ring (bicyclic) bond motifs is 2. The molecular formula is C26H34N10O3Si. The molecule has 0 spiro atoms. The van der Waals surface area contributed by atoms with Crippen LogP contribution in [-0.2, 0) is 16.9 Å². The number of H-pyrrole nitrogens is 1. The van der Waals surface area contributed by atoms with E-state index in [0.717, 1.165) is 6.04 Å². The molecule has 5 rings (SSSR count). The van der Waals surface area contributed by atoms with Crippen LogP contribution in [0, 0.1) is 0 Å². The Bertz CT molecular complexity index is 1660. The van der Waals surface area contributed by atoms with Crippen molar-refractivity contribution in [2.24, 2.45) is 0 Å². The summed E-state index contributed by atoms with van der Waals surface area (Å²) in [7, 11) is -1.19. The molecule has 40 heavy (non-hydrogen) atoms. The number of imidazole rings is 1. The number of hydrogen-bond acceptors (Lipinski definition) is 10. The van der Waals surface area contributed by atoms with E-state index < -0.39 is 14.1 Å². The molecule has 5 aromatic rings. The maximum absolute atomic E-state index is 13.2. The predicted molar refractivity (Wildman–Crippen MR) is 151 cm³/mol. The van der Waals surface area contributed by atoms with Crippen LogP contribution in [0.3, 0.4) is 0 Å². The topological polar surface area (TPSA) is 162 Å². The molecule has 1 amide bonds. The molecule has 0 aliphatic rings. The number of hydrogen-bond donors (Lipinski definition) is 2. The van der Waals surface area contributed by atoms with Gasteiger partial charge in [0.05, 0.1) is 23.8 Å². The molecular weight excluding hydrogens is 528 g/mol. The molecule has 0 radical (unpaired) electrons. The molecule has 0 saturated carbocycles. The molecule has 0 bridgehead atoms. The fraction of sp³-hybridized carbons (Fsp3) is 0.462. The first-order valence-electron chi connectivity index (χ1n) is 13.1. The molecule has 210 valence electrons. The van der Waals surface area contributed by atoms with Crippen LogP contribution in [-0.4, -0.2) is 65.4 Å². The van der Waals surface area contributed by atoms with E-state index in [1.165, 1.54) is 6.33 Å². The Hall–Kier alpha value is -4.04. The van der Waals surface area contributed by atoms with E-state index in [1.807, 2.05) is 20.8 Å². The van der Waals surface area contributed by atoms with Gasteiger partial charge < -0.3 is 19.6 Å². The fourth-order valence-electron chi connectivity index (χ4n) is 3.93. The number of aromatic amines is 1. The Labute approximate surface area is 232 Å². The number of nitrogens with zero attached hydrogens (tertiary/aromatic N) is 8. The Morgan fingerprint density at radius 1 is 1.18 bits per heavy atom. The summed E-state index contributed by atoms with van der Waals surface area (Å²) >= 11 is 0. The lowest BCUT2D eigenvalue weighted by Crippen LogP contribution is -2.27. The van der Waals surface area contributed by atoms with Crippen LogP contribution in [0.2, 0.25) is 25.7 Å². The number of nitrogens with one attached hydrogen (secondary N) is 2. The largest absolute Gasteiger partial charge is 0.359 e. The van der Waals surface area contributed by atoms with Crippen LogP contribution >= 0.6 is 0 Å². The van der Waals surface area contributed by atoms with E-state index in [9.17, 15) is 4.79 Å². The summed E-state index contributed by atoms with van der Waals surface area (Å²) in [5.74, 6) is 1.28. The average Bonchev–Trinajstić information content (AvgIpc) is 3.63. The minimum absolute atomic E-state index is 0.197. The second kappa shape index (κ2) is 10.5. The standard InChI is InChI=1S/C26H34N10O3Si/c1-15(19-10-17(35-39-19)21-32-18-12-27-25(26(2,3)4)34-22(18)33-21)31-24(37)20-16-11-30-36(23(16)29-13-28-20)14-38-8-9-40(5,6)7/h10-13,15H,8-9,14H2,1-7H3,(H,31,37)(H,27,32,33,34)/t15-/m1/s1. The van der Waals surface area contributed by atoms with Crippen LogP contribution in [0.25, 0.3) is 33.7 Å². The van der Waals surface area contributed by atoms with Crippen molar-refractivity contribution in [3.05, 3.63) is 42.1 Å². The van der Waals surface area contributed by atoms with Gasteiger partial charge in [0, 0.05) is 26.2 Å². The highest BCUT2D eigenvalue weighted by Crippen LogP contribution is 2.25. The zero-order valence-electron chi connectivity index (χ0n) is 23.8. The lowest BCUT2D eigenvalue weighted by Gasteiger charge is -2.15. The molecule has 2 N–H and O–H groups in total. The second-order valence-electron chi connectivity index (χ2n) is 12.0. The lowest BCUT2D eigenvalue weighted by molar-refractivity contribution is 0.0812. The molecule has 0 unspecified atom stereocenters. The highest BCUT2D eigenvalue weighted by Gasteiger charge is 2.23. The lowest BCUT2D eigenvalue weighted by atomic mass is 9.96. The van der Waals surface area contributed by atoms with Crippen molar-refractivity contribution >= 4 is 36.2 Å². The van der Waals surface area contributed by atoms with Crippen LogP contribution in [0.5, 0.6) is 0 Å². The maximum Gasteiger partial charge on any atom is 0.271 e. The fourth-order valence-corrected chi connectivity index (χ4v) is 4.69. The Morgan fingerprint density at radius 3 is 2.73 bits per heavy atom. The molecule has 0 aromatic carbocycles. The van der Waals surface area contributed by atoms with Gasteiger partial charge in [0.2, 0.25) is 0 Å². The zero-order chi connectivity index (χ0) is 28.7. The first-order valence-corrected chi connectivity index (χ1v) is 16.8. The second-order valence-corrected chi connectivity index (χ2v) is 17.6. The third kappa shape index (κ3) is 5.92. The molecule has 5 aromatic heterocycles. The van der Waals surface area contributed by atoms with Gasteiger partial charge in [-0.2, -0.15) is 5.10 Å². The van der Waals surface area contributed by atoms with Gasteiger partial charge in [0.15, 0.2) is 22.9 Å². The van der Waals surface area contributed by atoms with E-state index in [0.29, 0.717) is 51.9 Å². The van der Waals surface area contributed by atoms with E-state index >= 15 is 0 Å². The third-order valence-electron chi connectivity index (χ3n) is 6.31. The number of carbonyl (C=O) groups is 1. The van der Waals surface area contributed by atoms with Gasteiger partial charge in [-0.05, 0) is 13.0 Å². The quantitative estimate of drug-likeness (QED) is 0.196. The van der Waals surface area contributed by atoms with Crippen LogP contribution < -0.4 is 5.32 Å². The van der Waals surface area contributed by atoms with Crippen LogP contribution in [0.15, 0.2) is 29.3 Å². The van der Waals surface area contributed by atoms with Gasteiger partial charge in [-0.3, -0.25) is 4.79 Å². The Morgan fingerprint density at radius 2 is 1.98 bits per heavy atom. The monoisotopic (exact) mass is 562 g/mol. The van der Waals surface area contributed by atoms with Gasteiger partial charge in [-0.1, -0.05) is 45.6 Å². The van der Waals surface area contributed by atoms with E-state index in [2.05, 4.69) is 65.1 Å². The number of rotatable bonds is 9. The van der Waals surface area contributed by atoms with Crippen LogP contribution in [0.4, 0.5) is 0 Å². The third-order valence-corrected chi connectivity index (χ3v) is 8.02. The highest BCUT2D eigenvalue weighted by atomic mass is 28.3. The molecule has 5 heterocycles. The Kier molecular flexibility index (Phi) is 7.22. The number of amides is 1.